The molecular formula is C17H15ClN4O. The molecule has 0 unspecified atom stereocenters. The zero-order valence-corrected chi connectivity index (χ0v) is 13.0. The summed E-state index contributed by atoms with van der Waals surface area (Å²) < 4.78 is 0. The highest BCUT2D eigenvalue weighted by atomic mass is 35.5. The highest BCUT2D eigenvalue weighted by molar-refractivity contribution is 6.33. The van der Waals surface area contributed by atoms with Crippen LogP contribution in [0, 0.1) is 11.3 Å². The van der Waals surface area contributed by atoms with Gasteiger partial charge in [0.05, 0.1) is 23.2 Å². The number of nitrogens with one attached hydrogen (secondary N) is 2. The lowest BCUT2D eigenvalue weighted by Crippen LogP contribution is -2.27. The minimum atomic E-state index is -0.229. The molecule has 1 atom stereocenters. The van der Waals surface area contributed by atoms with E-state index >= 15 is 0 Å². The van der Waals surface area contributed by atoms with Crippen LogP contribution in [0.5, 0.6) is 0 Å². The largest absolute Gasteiger partial charge is 0.394 e. The van der Waals surface area contributed by atoms with Crippen molar-refractivity contribution >= 4 is 28.3 Å². The molecule has 0 bridgehead atoms. The number of rotatable bonds is 5. The van der Waals surface area contributed by atoms with Gasteiger partial charge in [0.2, 0.25) is 0 Å². The molecule has 5 nitrogen and oxygen atoms in total. The predicted octanol–water partition coefficient (Wildman–Crippen LogP) is 3.10. The number of halogens is 1. The second-order valence-corrected chi connectivity index (χ2v) is 5.66. The second-order valence-electron chi connectivity index (χ2n) is 5.25. The molecule has 2 aromatic heterocycles. The molecule has 0 fully saturated rings. The maximum atomic E-state index is 9.65. The number of hydrogen-bond acceptors (Lipinski definition) is 4. The first-order chi connectivity index (χ1) is 11.2. The van der Waals surface area contributed by atoms with E-state index in [0.717, 1.165) is 16.5 Å². The van der Waals surface area contributed by atoms with Crippen LogP contribution >= 0.6 is 11.6 Å². The topological polar surface area (TPSA) is 84.7 Å². The van der Waals surface area contributed by atoms with E-state index in [0.29, 0.717) is 22.8 Å². The summed E-state index contributed by atoms with van der Waals surface area (Å²) in [6, 6.07) is 11.3. The number of hydrogen-bond donors (Lipinski definition) is 3. The molecule has 23 heavy (non-hydrogen) atoms. The van der Waals surface area contributed by atoms with Gasteiger partial charge in [-0.15, -0.1) is 0 Å². The summed E-state index contributed by atoms with van der Waals surface area (Å²) in [5.41, 5.74) is 2.57. The highest BCUT2D eigenvalue weighted by Crippen LogP contribution is 2.23. The Hall–Kier alpha value is -2.55. The predicted molar refractivity (Wildman–Crippen MR) is 90.5 cm³/mol. The van der Waals surface area contributed by atoms with Gasteiger partial charge in [0.25, 0.3) is 0 Å². The fourth-order valence-electron chi connectivity index (χ4n) is 2.53. The summed E-state index contributed by atoms with van der Waals surface area (Å²) in [5.74, 6) is 0.463. The minimum Gasteiger partial charge on any atom is -0.394 e. The van der Waals surface area contributed by atoms with Crippen molar-refractivity contribution in [1.29, 1.82) is 5.26 Å². The molecule has 0 aliphatic rings. The van der Waals surface area contributed by atoms with E-state index in [1.54, 1.807) is 6.07 Å². The van der Waals surface area contributed by atoms with Crippen LogP contribution in [0.2, 0.25) is 5.02 Å². The molecule has 6 heteroatoms. The van der Waals surface area contributed by atoms with Gasteiger partial charge in [-0.3, -0.25) is 0 Å². The van der Waals surface area contributed by atoms with Crippen molar-refractivity contribution in [2.45, 2.75) is 12.5 Å². The number of aliphatic hydroxyl groups excluding tert-OH is 1. The number of nitriles is 1. The number of aromatic amines is 1. The third-order valence-corrected chi connectivity index (χ3v) is 3.96. The summed E-state index contributed by atoms with van der Waals surface area (Å²) in [4.78, 5) is 7.36. The van der Waals surface area contributed by atoms with Crippen molar-refractivity contribution in [2.24, 2.45) is 0 Å². The molecule has 0 aliphatic heterocycles. The van der Waals surface area contributed by atoms with Crippen molar-refractivity contribution in [1.82, 2.24) is 9.97 Å². The first kappa shape index (κ1) is 15.3. The second kappa shape index (κ2) is 6.69. The molecule has 3 rings (SSSR count). The van der Waals surface area contributed by atoms with E-state index in [9.17, 15) is 5.11 Å². The van der Waals surface area contributed by atoms with Gasteiger partial charge in [-0.1, -0.05) is 29.8 Å². The molecule has 3 aromatic rings. The van der Waals surface area contributed by atoms with Gasteiger partial charge >= 0.3 is 0 Å². The summed E-state index contributed by atoms with van der Waals surface area (Å²) in [5, 5.41) is 23.1. The molecule has 0 saturated heterocycles. The van der Waals surface area contributed by atoms with Crippen LogP contribution in [-0.2, 0) is 6.42 Å². The number of pyridine rings is 1. The lowest BCUT2D eigenvalue weighted by atomic mass is 10.1. The van der Waals surface area contributed by atoms with Gasteiger partial charge in [-0.25, -0.2) is 4.98 Å². The Morgan fingerprint density at radius 1 is 1.39 bits per heavy atom. The Bertz CT molecular complexity index is 868. The van der Waals surface area contributed by atoms with Crippen LogP contribution < -0.4 is 5.32 Å². The third kappa shape index (κ3) is 3.29. The van der Waals surface area contributed by atoms with Gasteiger partial charge in [-0.2, -0.15) is 5.26 Å². The van der Waals surface area contributed by atoms with Crippen LogP contribution in [0.4, 0.5) is 5.82 Å². The van der Waals surface area contributed by atoms with Crippen LogP contribution in [0.15, 0.2) is 42.7 Å². The number of nitrogens with zero attached hydrogens (tertiary/aromatic N) is 2. The van der Waals surface area contributed by atoms with Crippen molar-refractivity contribution in [2.75, 3.05) is 11.9 Å². The fourth-order valence-corrected chi connectivity index (χ4v) is 2.75. The normalized spacial score (nSPS) is 12.0. The number of fused-ring (bicyclic) bond motifs is 1. The first-order valence-electron chi connectivity index (χ1n) is 7.19. The van der Waals surface area contributed by atoms with Crippen molar-refractivity contribution in [3.8, 4) is 6.07 Å². The average molecular weight is 327 g/mol. The lowest BCUT2D eigenvalue weighted by molar-refractivity contribution is 0.273. The zero-order valence-electron chi connectivity index (χ0n) is 12.3. The third-order valence-electron chi connectivity index (χ3n) is 3.67. The van der Waals surface area contributed by atoms with Crippen molar-refractivity contribution in [3.63, 3.8) is 0 Å². The van der Waals surface area contributed by atoms with Crippen LogP contribution in [0.25, 0.3) is 10.9 Å². The molecule has 1 aromatic carbocycles. The van der Waals surface area contributed by atoms with Gasteiger partial charge in [0.1, 0.15) is 11.9 Å². The molecule has 0 spiro atoms. The summed E-state index contributed by atoms with van der Waals surface area (Å²) >= 11 is 6.12. The van der Waals surface area contributed by atoms with E-state index in [4.69, 9.17) is 16.9 Å². The SMILES string of the molecule is N#Cc1cnc(N[C@@H](CO)Cc2c[nH]c3ccccc23)c(Cl)c1. The number of anilines is 1. The number of benzene rings is 1. The number of aromatic nitrogens is 2. The zero-order chi connectivity index (χ0) is 16.2. The molecule has 0 amide bonds. The maximum Gasteiger partial charge on any atom is 0.145 e. The summed E-state index contributed by atoms with van der Waals surface area (Å²) in [6.07, 6.45) is 4.02. The number of H-pyrrole nitrogens is 1. The highest BCUT2D eigenvalue weighted by Gasteiger charge is 2.14. The Balaban J connectivity index is 1.79. The summed E-state index contributed by atoms with van der Waals surface area (Å²) in [6.45, 7) is -0.0580. The van der Waals surface area contributed by atoms with Crippen LogP contribution in [0.1, 0.15) is 11.1 Å². The maximum absolute atomic E-state index is 9.65. The first-order valence-corrected chi connectivity index (χ1v) is 7.57. The average Bonchev–Trinajstić information content (AvgIpc) is 2.99. The summed E-state index contributed by atoms with van der Waals surface area (Å²) in [7, 11) is 0. The quantitative estimate of drug-likeness (QED) is 0.672. The molecule has 0 radical (unpaired) electrons. The van der Waals surface area contributed by atoms with Crippen molar-refractivity contribution < 1.29 is 5.11 Å². The van der Waals surface area contributed by atoms with Crippen LogP contribution in [0.3, 0.4) is 0 Å². The molecule has 116 valence electrons. The Morgan fingerprint density at radius 3 is 2.96 bits per heavy atom. The van der Waals surface area contributed by atoms with Gasteiger partial charge in [-0.05, 0) is 24.1 Å². The van der Waals surface area contributed by atoms with Crippen LogP contribution in [-0.4, -0.2) is 27.7 Å². The standard InChI is InChI=1S/C17H15ClN4O/c18-15-5-11(7-19)8-21-17(15)22-13(10-23)6-12-9-20-16-4-2-1-3-14(12)16/h1-5,8-9,13,20,23H,6,10H2,(H,21,22)/t13-/m1/s1. The molecular weight excluding hydrogens is 312 g/mol. The van der Waals surface area contributed by atoms with E-state index in [1.807, 2.05) is 36.5 Å². The number of para-hydroxylation sites is 1. The van der Waals surface area contributed by atoms with E-state index in [-0.39, 0.29) is 12.6 Å². The van der Waals surface area contributed by atoms with Gasteiger partial charge in [0, 0.05) is 23.3 Å². The Labute approximate surface area is 138 Å². The van der Waals surface area contributed by atoms with E-state index in [2.05, 4.69) is 15.3 Å². The molecule has 0 aliphatic carbocycles. The van der Waals surface area contributed by atoms with Crippen molar-refractivity contribution in [3.05, 3.63) is 58.9 Å². The molecule has 0 saturated carbocycles. The lowest BCUT2D eigenvalue weighted by Gasteiger charge is -2.17. The molecule has 2 heterocycles. The number of aliphatic hydroxyl groups is 1. The fraction of sp³-hybridized carbons (Fsp3) is 0.176. The smallest absolute Gasteiger partial charge is 0.145 e. The van der Waals surface area contributed by atoms with E-state index < -0.39 is 0 Å². The Morgan fingerprint density at radius 2 is 2.22 bits per heavy atom. The van der Waals surface area contributed by atoms with E-state index in [1.165, 1.54) is 6.20 Å². The Kier molecular flexibility index (Phi) is 4.47. The van der Waals surface area contributed by atoms with Gasteiger partial charge in [0.15, 0.2) is 0 Å². The molecule has 3 N–H and O–H groups in total. The minimum absolute atomic E-state index is 0.0580. The monoisotopic (exact) mass is 326 g/mol. The van der Waals surface area contributed by atoms with Gasteiger partial charge < -0.3 is 15.4 Å².